The van der Waals surface area contributed by atoms with E-state index in [1.165, 1.54) is 0 Å². The van der Waals surface area contributed by atoms with E-state index in [1.807, 2.05) is 7.05 Å². The Morgan fingerprint density at radius 3 is 2.87 bits per heavy atom. The minimum atomic E-state index is -0.970. The standard InChI is InChI=1S/C10H19N3O2/c1-13-7-9(6-12-13)10(14,8-15-2)4-3-5-11/h6-7,14H,3-5,8,11H2,1-2H3. The molecule has 1 atom stereocenters. The first-order valence-corrected chi connectivity index (χ1v) is 5.03. The first-order valence-electron chi connectivity index (χ1n) is 5.03. The molecule has 1 rings (SSSR count). The number of ether oxygens (including phenoxy) is 1. The van der Waals surface area contributed by atoms with Crippen molar-refractivity contribution in [1.82, 2.24) is 9.78 Å². The van der Waals surface area contributed by atoms with Crippen molar-refractivity contribution in [3.05, 3.63) is 18.0 Å². The largest absolute Gasteiger partial charge is 0.383 e. The highest BCUT2D eigenvalue weighted by atomic mass is 16.5. The van der Waals surface area contributed by atoms with E-state index in [4.69, 9.17) is 10.5 Å². The lowest BCUT2D eigenvalue weighted by molar-refractivity contribution is -0.0430. The quantitative estimate of drug-likeness (QED) is 0.697. The van der Waals surface area contributed by atoms with Crippen LogP contribution in [-0.2, 0) is 17.4 Å². The second-order valence-corrected chi connectivity index (χ2v) is 3.76. The average Bonchev–Trinajstić information content (AvgIpc) is 2.63. The van der Waals surface area contributed by atoms with E-state index in [-0.39, 0.29) is 6.61 Å². The van der Waals surface area contributed by atoms with Crippen molar-refractivity contribution < 1.29 is 9.84 Å². The molecule has 0 saturated carbocycles. The average molecular weight is 213 g/mol. The number of hydrogen-bond acceptors (Lipinski definition) is 4. The molecule has 5 heteroatoms. The van der Waals surface area contributed by atoms with E-state index in [9.17, 15) is 5.11 Å². The summed E-state index contributed by atoms with van der Waals surface area (Å²) < 4.78 is 6.70. The fraction of sp³-hybridized carbons (Fsp3) is 0.700. The van der Waals surface area contributed by atoms with Crippen LogP contribution in [0, 0.1) is 0 Å². The number of hydrogen-bond donors (Lipinski definition) is 2. The molecule has 1 aromatic rings. The van der Waals surface area contributed by atoms with Crippen LogP contribution in [0.3, 0.4) is 0 Å². The SMILES string of the molecule is COCC(O)(CCCN)c1cnn(C)c1. The van der Waals surface area contributed by atoms with E-state index in [2.05, 4.69) is 5.10 Å². The summed E-state index contributed by atoms with van der Waals surface area (Å²) in [6, 6.07) is 0. The molecule has 15 heavy (non-hydrogen) atoms. The van der Waals surface area contributed by atoms with Crippen LogP contribution >= 0.6 is 0 Å². The van der Waals surface area contributed by atoms with Crippen LogP contribution in [0.5, 0.6) is 0 Å². The summed E-state index contributed by atoms with van der Waals surface area (Å²) in [5.74, 6) is 0. The van der Waals surface area contributed by atoms with Gasteiger partial charge < -0.3 is 15.6 Å². The smallest absolute Gasteiger partial charge is 0.116 e. The number of aliphatic hydroxyl groups is 1. The van der Waals surface area contributed by atoms with Gasteiger partial charge >= 0.3 is 0 Å². The third-order valence-electron chi connectivity index (χ3n) is 2.42. The zero-order valence-corrected chi connectivity index (χ0v) is 9.31. The normalized spacial score (nSPS) is 15.2. The Morgan fingerprint density at radius 1 is 1.67 bits per heavy atom. The maximum atomic E-state index is 10.4. The number of methoxy groups -OCH3 is 1. The van der Waals surface area contributed by atoms with Crippen LogP contribution in [-0.4, -0.2) is 35.1 Å². The Morgan fingerprint density at radius 2 is 2.40 bits per heavy atom. The number of aryl methyl sites for hydroxylation is 1. The highest BCUT2D eigenvalue weighted by Gasteiger charge is 2.29. The van der Waals surface area contributed by atoms with Crippen LogP contribution in [0.2, 0.25) is 0 Å². The molecule has 1 aromatic heterocycles. The number of aromatic nitrogens is 2. The number of nitrogens with two attached hydrogens (primary N) is 1. The molecule has 5 nitrogen and oxygen atoms in total. The highest BCUT2D eigenvalue weighted by molar-refractivity contribution is 5.15. The summed E-state index contributed by atoms with van der Waals surface area (Å²) in [6.45, 7) is 0.824. The number of rotatable bonds is 6. The van der Waals surface area contributed by atoms with E-state index in [0.717, 1.165) is 12.0 Å². The predicted octanol–water partition coefficient (Wildman–Crippen LogP) is -0.00700. The van der Waals surface area contributed by atoms with Gasteiger partial charge in [-0.2, -0.15) is 5.10 Å². The van der Waals surface area contributed by atoms with Crippen LogP contribution in [0.15, 0.2) is 12.4 Å². The summed E-state index contributed by atoms with van der Waals surface area (Å²) in [5, 5.41) is 14.4. The zero-order valence-electron chi connectivity index (χ0n) is 9.31. The first-order chi connectivity index (χ1) is 7.12. The van der Waals surface area contributed by atoms with Gasteiger partial charge in [-0.15, -0.1) is 0 Å². The monoisotopic (exact) mass is 213 g/mol. The molecular formula is C10H19N3O2. The van der Waals surface area contributed by atoms with Gasteiger partial charge in [0.05, 0.1) is 12.8 Å². The second-order valence-electron chi connectivity index (χ2n) is 3.76. The molecule has 0 fully saturated rings. The Hall–Kier alpha value is -0.910. The van der Waals surface area contributed by atoms with Crippen LogP contribution in [0.4, 0.5) is 0 Å². The number of nitrogens with zero attached hydrogens (tertiary/aromatic N) is 2. The summed E-state index contributed by atoms with van der Waals surface area (Å²) in [7, 11) is 3.39. The van der Waals surface area contributed by atoms with Crippen molar-refractivity contribution in [3.63, 3.8) is 0 Å². The van der Waals surface area contributed by atoms with Crippen molar-refractivity contribution in [2.75, 3.05) is 20.3 Å². The molecule has 86 valence electrons. The maximum Gasteiger partial charge on any atom is 0.116 e. The summed E-state index contributed by atoms with van der Waals surface area (Å²) in [5.41, 5.74) is 5.25. The Balaban J connectivity index is 2.79. The van der Waals surface area contributed by atoms with Gasteiger partial charge in [-0.25, -0.2) is 0 Å². The molecule has 0 spiro atoms. The van der Waals surface area contributed by atoms with Gasteiger partial charge in [-0.3, -0.25) is 4.68 Å². The van der Waals surface area contributed by atoms with Crippen molar-refractivity contribution >= 4 is 0 Å². The highest BCUT2D eigenvalue weighted by Crippen LogP contribution is 2.26. The fourth-order valence-corrected chi connectivity index (χ4v) is 1.59. The molecular weight excluding hydrogens is 194 g/mol. The van der Waals surface area contributed by atoms with Crippen molar-refractivity contribution in [2.45, 2.75) is 18.4 Å². The van der Waals surface area contributed by atoms with Gasteiger partial charge in [0, 0.05) is 25.9 Å². The van der Waals surface area contributed by atoms with Gasteiger partial charge in [0.15, 0.2) is 0 Å². The van der Waals surface area contributed by atoms with E-state index in [1.54, 1.807) is 24.2 Å². The van der Waals surface area contributed by atoms with Crippen LogP contribution in [0.25, 0.3) is 0 Å². The predicted molar refractivity (Wildman–Crippen MR) is 57.3 cm³/mol. The first kappa shape index (κ1) is 12.2. The third-order valence-corrected chi connectivity index (χ3v) is 2.42. The van der Waals surface area contributed by atoms with Gasteiger partial charge in [0.25, 0.3) is 0 Å². The molecule has 0 aliphatic heterocycles. The molecule has 3 N–H and O–H groups in total. The van der Waals surface area contributed by atoms with E-state index >= 15 is 0 Å². The van der Waals surface area contributed by atoms with Gasteiger partial charge in [0.2, 0.25) is 0 Å². The van der Waals surface area contributed by atoms with Crippen molar-refractivity contribution in [1.29, 1.82) is 0 Å². The van der Waals surface area contributed by atoms with E-state index < -0.39 is 5.60 Å². The zero-order chi connectivity index (χ0) is 11.3. The van der Waals surface area contributed by atoms with Crippen molar-refractivity contribution in [3.8, 4) is 0 Å². The van der Waals surface area contributed by atoms with Crippen molar-refractivity contribution in [2.24, 2.45) is 12.8 Å². The molecule has 0 bridgehead atoms. The Kier molecular flexibility index (Phi) is 4.26. The van der Waals surface area contributed by atoms with Gasteiger partial charge in [0.1, 0.15) is 5.60 Å². The molecule has 1 heterocycles. The minimum absolute atomic E-state index is 0.263. The molecule has 0 aromatic carbocycles. The lowest BCUT2D eigenvalue weighted by Crippen LogP contribution is -2.31. The lowest BCUT2D eigenvalue weighted by Gasteiger charge is -2.25. The second kappa shape index (κ2) is 5.25. The minimum Gasteiger partial charge on any atom is -0.383 e. The van der Waals surface area contributed by atoms with Crippen LogP contribution in [0.1, 0.15) is 18.4 Å². The lowest BCUT2D eigenvalue weighted by atomic mass is 9.92. The Bertz CT molecular complexity index is 301. The topological polar surface area (TPSA) is 73.3 Å². The maximum absolute atomic E-state index is 10.4. The Labute approximate surface area is 89.8 Å². The molecule has 0 radical (unpaired) electrons. The summed E-state index contributed by atoms with van der Waals surface area (Å²) in [6.07, 6.45) is 4.81. The molecule has 0 saturated heterocycles. The fourth-order valence-electron chi connectivity index (χ4n) is 1.59. The summed E-state index contributed by atoms with van der Waals surface area (Å²) in [4.78, 5) is 0. The van der Waals surface area contributed by atoms with Gasteiger partial charge in [-0.05, 0) is 19.4 Å². The molecule has 0 aliphatic carbocycles. The van der Waals surface area contributed by atoms with E-state index in [0.29, 0.717) is 13.0 Å². The van der Waals surface area contributed by atoms with Gasteiger partial charge in [-0.1, -0.05) is 0 Å². The summed E-state index contributed by atoms with van der Waals surface area (Å²) >= 11 is 0. The molecule has 1 unspecified atom stereocenters. The third kappa shape index (κ3) is 3.02. The molecule has 0 aliphatic rings. The molecule has 0 amide bonds. The van der Waals surface area contributed by atoms with Crippen LogP contribution < -0.4 is 5.73 Å².